The smallest absolute Gasteiger partial charge is 0.191 e. The molecule has 0 aliphatic heterocycles. The highest BCUT2D eigenvalue weighted by atomic mass is 32.2. The summed E-state index contributed by atoms with van der Waals surface area (Å²) in [4.78, 5) is 0. The SMILES string of the molecule is CC(C)S(=O)(=O)CCSc1nnc(CN)n1C. The first-order valence-electron chi connectivity index (χ1n) is 5.31. The Balaban J connectivity index is 2.55. The second-order valence-corrected chi connectivity index (χ2v) is 7.66. The molecule has 1 heterocycles. The lowest BCUT2D eigenvalue weighted by atomic mass is 10.6. The van der Waals surface area contributed by atoms with Crippen molar-refractivity contribution in [3.63, 3.8) is 0 Å². The molecule has 1 aromatic heterocycles. The number of nitrogens with two attached hydrogens (primary N) is 1. The summed E-state index contributed by atoms with van der Waals surface area (Å²) in [6, 6.07) is 0. The Hall–Kier alpha value is -0.600. The molecular formula is C9H18N4O2S2. The number of thioether (sulfide) groups is 1. The molecule has 6 nitrogen and oxygen atoms in total. The van der Waals surface area contributed by atoms with Crippen LogP contribution in [0.3, 0.4) is 0 Å². The van der Waals surface area contributed by atoms with E-state index in [1.54, 1.807) is 18.4 Å². The summed E-state index contributed by atoms with van der Waals surface area (Å²) in [5, 5.41) is 8.22. The predicted molar refractivity (Wildman–Crippen MR) is 68.5 cm³/mol. The molecule has 17 heavy (non-hydrogen) atoms. The lowest BCUT2D eigenvalue weighted by molar-refractivity contribution is 0.589. The van der Waals surface area contributed by atoms with Crippen LogP contribution in [0.15, 0.2) is 5.16 Å². The zero-order valence-corrected chi connectivity index (χ0v) is 11.9. The Bertz CT molecular complexity index is 467. The lowest BCUT2D eigenvalue weighted by Crippen LogP contribution is -2.19. The first kappa shape index (κ1) is 14.5. The number of hydrogen-bond acceptors (Lipinski definition) is 6. The maximum Gasteiger partial charge on any atom is 0.191 e. The summed E-state index contributed by atoms with van der Waals surface area (Å²) >= 11 is 1.38. The molecule has 0 atom stereocenters. The summed E-state index contributed by atoms with van der Waals surface area (Å²) in [6.07, 6.45) is 0. The lowest BCUT2D eigenvalue weighted by Gasteiger charge is -2.06. The Morgan fingerprint density at radius 3 is 2.53 bits per heavy atom. The van der Waals surface area contributed by atoms with Crippen LogP contribution >= 0.6 is 11.8 Å². The van der Waals surface area contributed by atoms with E-state index < -0.39 is 9.84 Å². The molecule has 0 saturated carbocycles. The fraction of sp³-hybridized carbons (Fsp3) is 0.778. The van der Waals surface area contributed by atoms with E-state index in [1.165, 1.54) is 11.8 Å². The second-order valence-electron chi connectivity index (χ2n) is 3.93. The number of sulfone groups is 1. The molecule has 0 aliphatic rings. The van der Waals surface area contributed by atoms with Gasteiger partial charge in [0.25, 0.3) is 0 Å². The third-order valence-electron chi connectivity index (χ3n) is 2.42. The fourth-order valence-corrected chi connectivity index (χ4v) is 3.45. The first-order chi connectivity index (χ1) is 7.88. The van der Waals surface area contributed by atoms with E-state index in [9.17, 15) is 8.42 Å². The zero-order valence-electron chi connectivity index (χ0n) is 10.3. The molecule has 0 aromatic carbocycles. The van der Waals surface area contributed by atoms with Crippen molar-refractivity contribution < 1.29 is 8.42 Å². The number of nitrogens with zero attached hydrogens (tertiary/aromatic N) is 3. The van der Waals surface area contributed by atoms with Gasteiger partial charge in [-0.25, -0.2) is 8.42 Å². The molecule has 0 saturated heterocycles. The predicted octanol–water partition coefficient (Wildman–Crippen LogP) is 0.189. The van der Waals surface area contributed by atoms with Gasteiger partial charge in [-0.15, -0.1) is 10.2 Å². The van der Waals surface area contributed by atoms with Gasteiger partial charge in [-0.1, -0.05) is 11.8 Å². The average Bonchev–Trinajstić information content (AvgIpc) is 2.59. The minimum atomic E-state index is -2.98. The van der Waals surface area contributed by atoms with Crippen LogP contribution in [0.1, 0.15) is 19.7 Å². The average molecular weight is 278 g/mol. The van der Waals surface area contributed by atoms with Crippen molar-refractivity contribution in [1.29, 1.82) is 0 Å². The summed E-state index contributed by atoms with van der Waals surface area (Å²) in [6.45, 7) is 3.71. The fourth-order valence-electron chi connectivity index (χ4n) is 1.13. The van der Waals surface area contributed by atoms with E-state index >= 15 is 0 Å². The molecule has 0 radical (unpaired) electrons. The Kier molecular flexibility index (Phi) is 4.96. The van der Waals surface area contributed by atoms with Gasteiger partial charge in [0, 0.05) is 12.8 Å². The molecule has 0 unspecified atom stereocenters. The van der Waals surface area contributed by atoms with Gasteiger partial charge >= 0.3 is 0 Å². The Morgan fingerprint density at radius 1 is 1.41 bits per heavy atom. The molecular weight excluding hydrogens is 260 g/mol. The van der Waals surface area contributed by atoms with Crippen LogP contribution in [0, 0.1) is 0 Å². The van der Waals surface area contributed by atoms with E-state index in [0.717, 1.165) is 0 Å². The highest BCUT2D eigenvalue weighted by molar-refractivity contribution is 8.00. The summed E-state index contributed by atoms with van der Waals surface area (Å²) in [7, 11) is -1.16. The molecule has 1 rings (SSSR count). The van der Waals surface area contributed by atoms with E-state index in [4.69, 9.17) is 5.73 Å². The highest BCUT2D eigenvalue weighted by Crippen LogP contribution is 2.16. The van der Waals surface area contributed by atoms with Crippen molar-refractivity contribution in [2.75, 3.05) is 11.5 Å². The molecule has 0 amide bonds. The molecule has 98 valence electrons. The summed E-state index contributed by atoms with van der Waals surface area (Å²) < 4.78 is 25.0. The van der Waals surface area contributed by atoms with Crippen LogP contribution < -0.4 is 5.73 Å². The molecule has 8 heteroatoms. The molecule has 0 spiro atoms. The van der Waals surface area contributed by atoms with Gasteiger partial charge in [-0.05, 0) is 13.8 Å². The second kappa shape index (κ2) is 5.83. The third kappa shape index (κ3) is 3.68. The third-order valence-corrected chi connectivity index (χ3v) is 5.91. The van der Waals surface area contributed by atoms with Crippen molar-refractivity contribution in [2.45, 2.75) is 30.8 Å². The number of rotatable bonds is 6. The molecule has 0 bridgehead atoms. The maximum atomic E-state index is 11.6. The Morgan fingerprint density at radius 2 is 2.06 bits per heavy atom. The van der Waals surface area contributed by atoms with E-state index in [0.29, 0.717) is 23.3 Å². The van der Waals surface area contributed by atoms with Crippen LogP contribution in [0.25, 0.3) is 0 Å². The largest absolute Gasteiger partial charge is 0.324 e. The van der Waals surface area contributed by atoms with Crippen molar-refractivity contribution in [1.82, 2.24) is 14.8 Å². The van der Waals surface area contributed by atoms with Crippen molar-refractivity contribution in [3.8, 4) is 0 Å². The van der Waals surface area contributed by atoms with Crippen LogP contribution in [0.4, 0.5) is 0 Å². The van der Waals surface area contributed by atoms with Crippen LogP contribution in [-0.2, 0) is 23.4 Å². The molecule has 0 aliphatic carbocycles. The molecule has 0 fully saturated rings. The molecule has 1 aromatic rings. The number of hydrogen-bond donors (Lipinski definition) is 1. The van der Waals surface area contributed by atoms with Crippen LogP contribution in [0.2, 0.25) is 0 Å². The van der Waals surface area contributed by atoms with Crippen molar-refractivity contribution >= 4 is 21.6 Å². The highest BCUT2D eigenvalue weighted by Gasteiger charge is 2.16. The topological polar surface area (TPSA) is 90.9 Å². The van der Waals surface area contributed by atoms with Gasteiger partial charge in [0.05, 0.1) is 17.5 Å². The van der Waals surface area contributed by atoms with Crippen molar-refractivity contribution in [3.05, 3.63) is 5.82 Å². The van der Waals surface area contributed by atoms with Crippen LogP contribution in [-0.4, -0.2) is 39.9 Å². The zero-order chi connectivity index (χ0) is 13.1. The van der Waals surface area contributed by atoms with Gasteiger partial charge in [0.2, 0.25) is 0 Å². The van der Waals surface area contributed by atoms with Gasteiger partial charge in [0.1, 0.15) is 5.82 Å². The van der Waals surface area contributed by atoms with Gasteiger partial charge in [-0.2, -0.15) is 0 Å². The van der Waals surface area contributed by atoms with Gasteiger partial charge < -0.3 is 10.3 Å². The first-order valence-corrected chi connectivity index (χ1v) is 8.01. The van der Waals surface area contributed by atoms with Crippen LogP contribution in [0.5, 0.6) is 0 Å². The molecule has 2 N–H and O–H groups in total. The van der Waals surface area contributed by atoms with Gasteiger partial charge in [-0.3, -0.25) is 0 Å². The summed E-state index contributed by atoms with van der Waals surface area (Å²) in [5.74, 6) is 1.33. The van der Waals surface area contributed by atoms with Crippen molar-refractivity contribution in [2.24, 2.45) is 12.8 Å². The minimum Gasteiger partial charge on any atom is -0.324 e. The monoisotopic (exact) mass is 278 g/mol. The minimum absolute atomic E-state index is 0.153. The van der Waals surface area contributed by atoms with Gasteiger partial charge in [0.15, 0.2) is 15.0 Å². The van der Waals surface area contributed by atoms with E-state index in [-0.39, 0.29) is 11.0 Å². The summed E-state index contributed by atoms with van der Waals surface area (Å²) in [5.41, 5.74) is 5.47. The number of aromatic nitrogens is 3. The maximum absolute atomic E-state index is 11.6. The quantitative estimate of drug-likeness (QED) is 0.747. The Labute approximate surface area is 106 Å². The van der Waals surface area contributed by atoms with E-state index in [1.807, 2.05) is 7.05 Å². The van der Waals surface area contributed by atoms with E-state index in [2.05, 4.69) is 10.2 Å². The standard InChI is InChI=1S/C9H18N4O2S2/c1-7(2)17(14,15)5-4-16-9-12-11-8(6-10)13(9)3/h7H,4-6,10H2,1-3H3. The normalized spacial score (nSPS) is 12.3.